The van der Waals surface area contributed by atoms with Crippen LogP contribution in [-0.2, 0) is 6.42 Å². The molecule has 21 heavy (non-hydrogen) atoms. The van der Waals surface area contributed by atoms with Crippen LogP contribution in [-0.4, -0.2) is 27.4 Å². The smallest absolute Gasteiger partial charge is 0.251 e. The zero-order valence-corrected chi connectivity index (χ0v) is 11.9. The normalized spacial score (nSPS) is 11.0. The van der Waals surface area contributed by atoms with Gasteiger partial charge in [-0.3, -0.25) is 4.79 Å². The minimum atomic E-state index is -0.111. The Bertz CT molecular complexity index is 788. The second-order valence-corrected chi connectivity index (χ2v) is 4.88. The quantitative estimate of drug-likeness (QED) is 0.768. The molecule has 0 unspecified atom stereocenters. The van der Waals surface area contributed by atoms with Crippen molar-refractivity contribution < 1.29 is 9.21 Å². The Kier molecular flexibility index (Phi) is 3.43. The maximum absolute atomic E-state index is 12.1. The van der Waals surface area contributed by atoms with E-state index < -0.39 is 0 Å². The van der Waals surface area contributed by atoms with Crippen LogP contribution in [0.15, 0.2) is 28.9 Å². The van der Waals surface area contributed by atoms with Crippen LogP contribution in [0.1, 0.15) is 27.7 Å². The number of carbonyl (C=O) groups is 1. The van der Waals surface area contributed by atoms with Crippen LogP contribution in [0.3, 0.4) is 0 Å². The number of nitrogens with one attached hydrogen (secondary N) is 2. The molecule has 2 aromatic heterocycles. The van der Waals surface area contributed by atoms with Crippen molar-refractivity contribution in [2.45, 2.75) is 20.3 Å². The Morgan fingerprint density at radius 3 is 3.00 bits per heavy atom. The second-order valence-electron chi connectivity index (χ2n) is 4.88. The Morgan fingerprint density at radius 1 is 1.38 bits per heavy atom. The molecule has 3 aromatic rings. The van der Waals surface area contributed by atoms with Crippen molar-refractivity contribution in [3.8, 4) is 0 Å². The highest BCUT2D eigenvalue weighted by atomic mass is 16.4. The van der Waals surface area contributed by atoms with Crippen LogP contribution in [0, 0.1) is 13.8 Å². The van der Waals surface area contributed by atoms with Crippen molar-refractivity contribution in [1.82, 2.24) is 20.3 Å². The molecule has 6 heteroatoms. The summed E-state index contributed by atoms with van der Waals surface area (Å²) in [4.78, 5) is 23.4. The number of amides is 1. The van der Waals surface area contributed by atoms with Gasteiger partial charge in [-0.05, 0) is 25.1 Å². The number of nitrogens with zero attached hydrogens (tertiary/aromatic N) is 2. The highest BCUT2D eigenvalue weighted by molar-refractivity contribution is 5.97. The molecular weight excluding hydrogens is 268 g/mol. The number of imidazole rings is 1. The lowest BCUT2D eigenvalue weighted by Crippen LogP contribution is -2.25. The van der Waals surface area contributed by atoms with E-state index in [0.29, 0.717) is 24.4 Å². The summed E-state index contributed by atoms with van der Waals surface area (Å²) >= 11 is 0. The third-order valence-electron chi connectivity index (χ3n) is 3.32. The molecule has 0 aliphatic heterocycles. The number of carbonyl (C=O) groups excluding carboxylic acids is 1. The monoisotopic (exact) mass is 284 g/mol. The van der Waals surface area contributed by atoms with E-state index in [-0.39, 0.29) is 5.91 Å². The van der Waals surface area contributed by atoms with E-state index in [4.69, 9.17) is 4.42 Å². The Labute approximate surface area is 121 Å². The minimum Gasteiger partial charge on any atom is -0.446 e. The lowest BCUT2D eigenvalue weighted by Gasteiger charge is -2.04. The Morgan fingerprint density at radius 2 is 2.24 bits per heavy atom. The topological polar surface area (TPSA) is 83.8 Å². The molecule has 0 aliphatic carbocycles. The number of rotatable bonds is 4. The lowest BCUT2D eigenvalue weighted by molar-refractivity contribution is 0.0954. The van der Waals surface area contributed by atoms with Gasteiger partial charge >= 0.3 is 0 Å². The molecule has 1 amide bonds. The molecule has 2 heterocycles. The van der Waals surface area contributed by atoms with Gasteiger partial charge in [-0.1, -0.05) is 0 Å². The summed E-state index contributed by atoms with van der Waals surface area (Å²) in [6.07, 6.45) is 2.24. The summed E-state index contributed by atoms with van der Waals surface area (Å²) < 4.78 is 5.47. The largest absolute Gasteiger partial charge is 0.446 e. The molecule has 1 aromatic carbocycles. The molecule has 6 nitrogen and oxygen atoms in total. The molecule has 0 bridgehead atoms. The standard InChI is InChI=1S/C15H16N4O2/c1-9-14(21-10(2)19-9)5-6-16-15(20)11-3-4-12-13(7-11)18-8-17-12/h3-4,7-8H,5-6H2,1-2H3,(H,16,20)(H,17,18). The van der Waals surface area contributed by atoms with Gasteiger partial charge in [-0.2, -0.15) is 0 Å². The third-order valence-corrected chi connectivity index (χ3v) is 3.32. The first-order valence-corrected chi connectivity index (χ1v) is 6.78. The van der Waals surface area contributed by atoms with Gasteiger partial charge in [-0.25, -0.2) is 9.97 Å². The SMILES string of the molecule is Cc1nc(C)c(CCNC(=O)c2ccc3nc[nH]c3c2)o1. The molecule has 0 aliphatic rings. The van der Waals surface area contributed by atoms with E-state index in [0.717, 1.165) is 22.5 Å². The van der Waals surface area contributed by atoms with Gasteiger partial charge in [-0.15, -0.1) is 0 Å². The highest BCUT2D eigenvalue weighted by Gasteiger charge is 2.09. The summed E-state index contributed by atoms with van der Waals surface area (Å²) in [7, 11) is 0. The van der Waals surface area contributed by atoms with Crippen molar-refractivity contribution in [2.24, 2.45) is 0 Å². The maximum Gasteiger partial charge on any atom is 0.251 e. The first-order valence-electron chi connectivity index (χ1n) is 6.78. The molecule has 2 N–H and O–H groups in total. The molecular formula is C15H16N4O2. The lowest BCUT2D eigenvalue weighted by atomic mass is 10.2. The molecule has 0 radical (unpaired) electrons. The fourth-order valence-corrected chi connectivity index (χ4v) is 2.27. The van der Waals surface area contributed by atoms with Gasteiger partial charge in [0.05, 0.1) is 23.1 Å². The number of hydrogen-bond donors (Lipinski definition) is 2. The molecule has 0 saturated heterocycles. The summed E-state index contributed by atoms with van der Waals surface area (Å²) in [5, 5.41) is 2.88. The average molecular weight is 284 g/mol. The number of oxazole rings is 1. The van der Waals surface area contributed by atoms with E-state index in [9.17, 15) is 4.79 Å². The van der Waals surface area contributed by atoms with Gasteiger partial charge in [0, 0.05) is 25.5 Å². The van der Waals surface area contributed by atoms with E-state index in [1.165, 1.54) is 0 Å². The van der Waals surface area contributed by atoms with Crippen molar-refractivity contribution in [3.05, 3.63) is 47.4 Å². The second kappa shape index (κ2) is 5.40. The number of H-pyrrole nitrogens is 1. The predicted octanol–water partition coefficient (Wildman–Crippen LogP) is 2.14. The number of aromatic amines is 1. The van der Waals surface area contributed by atoms with E-state index in [1.807, 2.05) is 19.9 Å². The molecule has 0 saturated carbocycles. The number of benzene rings is 1. The molecule has 0 spiro atoms. The third kappa shape index (κ3) is 2.79. The van der Waals surface area contributed by atoms with Crippen molar-refractivity contribution >= 4 is 16.9 Å². The summed E-state index contributed by atoms with van der Waals surface area (Å²) in [5.41, 5.74) is 3.18. The summed E-state index contributed by atoms with van der Waals surface area (Å²) in [6.45, 7) is 4.23. The van der Waals surface area contributed by atoms with Gasteiger partial charge in [0.25, 0.3) is 5.91 Å². The minimum absolute atomic E-state index is 0.111. The van der Waals surface area contributed by atoms with Crippen LogP contribution < -0.4 is 5.32 Å². The molecule has 0 atom stereocenters. The predicted molar refractivity (Wildman–Crippen MR) is 78.1 cm³/mol. The first kappa shape index (κ1) is 13.4. The summed E-state index contributed by atoms with van der Waals surface area (Å²) in [5.74, 6) is 1.36. The number of aryl methyl sites for hydroxylation is 2. The number of aromatic nitrogens is 3. The number of hydrogen-bond acceptors (Lipinski definition) is 4. The van der Waals surface area contributed by atoms with Crippen LogP contribution in [0.2, 0.25) is 0 Å². The van der Waals surface area contributed by atoms with Crippen molar-refractivity contribution in [3.63, 3.8) is 0 Å². The number of fused-ring (bicyclic) bond motifs is 1. The van der Waals surface area contributed by atoms with Gasteiger partial charge in [0.15, 0.2) is 5.89 Å². The first-order chi connectivity index (χ1) is 10.1. The van der Waals surface area contributed by atoms with E-state index in [1.54, 1.807) is 18.5 Å². The highest BCUT2D eigenvalue weighted by Crippen LogP contribution is 2.12. The zero-order valence-electron chi connectivity index (χ0n) is 11.9. The van der Waals surface area contributed by atoms with Gasteiger partial charge in [0.1, 0.15) is 5.76 Å². The van der Waals surface area contributed by atoms with Gasteiger partial charge < -0.3 is 14.7 Å². The molecule has 3 rings (SSSR count). The van der Waals surface area contributed by atoms with Crippen LogP contribution in [0.5, 0.6) is 0 Å². The zero-order chi connectivity index (χ0) is 14.8. The van der Waals surface area contributed by atoms with E-state index in [2.05, 4.69) is 20.3 Å². The van der Waals surface area contributed by atoms with Crippen LogP contribution in [0.4, 0.5) is 0 Å². The average Bonchev–Trinajstić information content (AvgIpc) is 3.04. The van der Waals surface area contributed by atoms with Crippen LogP contribution in [0.25, 0.3) is 11.0 Å². The fourth-order valence-electron chi connectivity index (χ4n) is 2.27. The molecule has 108 valence electrons. The Hall–Kier alpha value is -2.63. The molecule has 0 fully saturated rings. The summed E-state index contributed by atoms with van der Waals surface area (Å²) in [6, 6.07) is 5.38. The van der Waals surface area contributed by atoms with Crippen molar-refractivity contribution in [2.75, 3.05) is 6.54 Å². The Balaban J connectivity index is 1.62. The van der Waals surface area contributed by atoms with Gasteiger partial charge in [0.2, 0.25) is 0 Å². The maximum atomic E-state index is 12.1. The van der Waals surface area contributed by atoms with Crippen LogP contribution >= 0.6 is 0 Å². The van der Waals surface area contributed by atoms with Crippen molar-refractivity contribution in [1.29, 1.82) is 0 Å². The van der Waals surface area contributed by atoms with E-state index >= 15 is 0 Å². The fraction of sp³-hybridized carbons (Fsp3) is 0.267.